The van der Waals surface area contributed by atoms with Gasteiger partial charge >= 0.3 is 0 Å². The molecule has 2 aromatic carbocycles. The number of rotatable bonds is 7. The molecule has 0 aliphatic rings. The van der Waals surface area contributed by atoms with Crippen molar-refractivity contribution in [2.75, 3.05) is 6.54 Å². The molecule has 1 N–H and O–H groups in total. The predicted molar refractivity (Wildman–Crippen MR) is 91.9 cm³/mol. The van der Waals surface area contributed by atoms with Crippen LogP contribution in [0.4, 0.5) is 0 Å². The van der Waals surface area contributed by atoms with E-state index in [0.29, 0.717) is 6.61 Å². The molecule has 0 aromatic heterocycles. The van der Waals surface area contributed by atoms with Gasteiger partial charge in [0.05, 0.1) is 4.47 Å². The molecule has 112 valence electrons. The minimum Gasteiger partial charge on any atom is -0.487 e. The SMILES string of the molecule is CCCNCc1cccc(Br)c1OCc1ccccc1Cl. The zero-order valence-corrected chi connectivity index (χ0v) is 14.4. The van der Waals surface area contributed by atoms with Crippen LogP contribution in [-0.4, -0.2) is 6.54 Å². The quantitative estimate of drug-likeness (QED) is 0.680. The van der Waals surface area contributed by atoms with Crippen LogP contribution < -0.4 is 10.1 Å². The van der Waals surface area contributed by atoms with E-state index < -0.39 is 0 Å². The molecule has 2 aromatic rings. The summed E-state index contributed by atoms with van der Waals surface area (Å²) in [5, 5.41) is 4.13. The molecular weight excluding hydrogens is 350 g/mol. The maximum absolute atomic E-state index is 6.17. The number of hydrogen-bond donors (Lipinski definition) is 1. The fourth-order valence-electron chi connectivity index (χ4n) is 2.02. The third-order valence-electron chi connectivity index (χ3n) is 3.12. The summed E-state index contributed by atoms with van der Waals surface area (Å²) in [7, 11) is 0. The van der Waals surface area contributed by atoms with Gasteiger partial charge in [-0.15, -0.1) is 0 Å². The summed E-state index contributed by atoms with van der Waals surface area (Å²) >= 11 is 9.73. The molecule has 0 fully saturated rings. The molecule has 0 amide bonds. The van der Waals surface area contributed by atoms with Gasteiger partial charge in [-0.3, -0.25) is 0 Å². The molecule has 0 atom stereocenters. The van der Waals surface area contributed by atoms with Crippen molar-refractivity contribution < 1.29 is 4.74 Å². The number of halogens is 2. The molecule has 0 aliphatic heterocycles. The van der Waals surface area contributed by atoms with Crippen LogP contribution in [0, 0.1) is 0 Å². The van der Waals surface area contributed by atoms with Crippen LogP contribution in [0.1, 0.15) is 24.5 Å². The Balaban J connectivity index is 2.09. The third-order valence-corrected chi connectivity index (χ3v) is 4.11. The molecule has 0 spiro atoms. The molecule has 21 heavy (non-hydrogen) atoms. The van der Waals surface area contributed by atoms with Crippen molar-refractivity contribution in [3.8, 4) is 5.75 Å². The van der Waals surface area contributed by atoms with Crippen LogP contribution in [0.3, 0.4) is 0 Å². The van der Waals surface area contributed by atoms with Crippen molar-refractivity contribution >= 4 is 27.5 Å². The fourth-order valence-corrected chi connectivity index (χ4v) is 2.73. The zero-order chi connectivity index (χ0) is 15.1. The highest BCUT2D eigenvalue weighted by Gasteiger charge is 2.09. The van der Waals surface area contributed by atoms with Crippen LogP contribution in [0.2, 0.25) is 5.02 Å². The van der Waals surface area contributed by atoms with Gasteiger partial charge in [-0.25, -0.2) is 0 Å². The average Bonchev–Trinajstić information content (AvgIpc) is 2.48. The number of hydrogen-bond acceptors (Lipinski definition) is 2. The van der Waals surface area contributed by atoms with Crippen LogP contribution in [-0.2, 0) is 13.2 Å². The van der Waals surface area contributed by atoms with Crippen molar-refractivity contribution in [3.05, 3.63) is 63.1 Å². The van der Waals surface area contributed by atoms with Crippen molar-refractivity contribution in [1.82, 2.24) is 5.32 Å². The Morgan fingerprint density at radius 2 is 1.86 bits per heavy atom. The molecular formula is C17H19BrClNO. The van der Waals surface area contributed by atoms with Crippen molar-refractivity contribution in [2.24, 2.45) is 0 Å². The van der Waals surface area contributed by atoms with Gasteiger partial charge in [0.2, 0.25) is 0 Å². The predicted octanol–water partition coefficient (Wildman–Crippen LogP) is 5.18. The fraction of sp³-hybridized carbons (Fsp3) is 0.294. The van der Waals surface area contributed by atoms with Crippen molar-refractivity contribution in [2.45, 2.75) is 26.5 Å². The van der Waals surface area contributed by atoms with E-state index in [1.165, 1.54) is 0 Å². The van der Waals surface area contributed by atoms with E-state index in [1.54, 1.807) is 0 Å². The Morgan fingerprint density at radius 1 is 1.10 bits per heavy atom. The second-order valence-corrected chi connectivity index (χ2v) is 6.05. The van der Waals surface area contributed by atoms with Gasteiger partial charge in [0, 0.05) is 22.7 Å². The summed E-state index contributed by atoms with van der Waals surface area (Å²) in [5.41, 5.74) is 2.13. The van der Waals surface area contributed by atoms with E-state index in [-0.39, 0.29) is 0 Å². The van der Waals surface area contributed by atoms with Crippen LogP contribution in [0.15, 0.2) is 46.9 Å². The van der Waals surface area contributed by atoms with Gasteiger partial charge in [0.15, 0.2) is 0 Å². The Labute approximate surface area is 139 Å². The summed E-state index contributed by atoms with van der Waals surface area (Å²) in [6.45, 7) is 4.41. The number of nitrogens with one attached hydrogen (secondary N) is 1. The lowest BCUT2D eigenvalue weighted by Gasteiger charge is -2.14. The maximum atomic E-state index is 6.17. The van der Waals surface area contributed by atoms with Gasteiger partial charge < -0.3 is 10.1 Å². The van der Waals surface area contributed by atoms with Crippen molar-refractivity contribution in [1.29, 1.82) is 0 Å². The highest BCUT2D eigenvalue weighted by atomic mass is 79.9. The van der Waals surface area contributed by atoms with Gasteiger partial charge in [-0.2, -0.15) is 0 Å². The highest BCUT2D eigenvalue weighted by Crippen LogP contribution is 2.30. The lowest BCUT2D eigenvalue weighted by atomic mass is 10.2. The zero-order valence-electron chi connectivity index (χ0n) is 12.0. The normalized spacial score (nSPS) is 10.6. The Kier molecular flexibility index (Phi) is 6.55. The maximum Gasteiger partial charge on any atom is 0.138 e. The number of benzene rings is 2. The van der Waals surface area contributed by atoms with E-state index >= 15 is 0 Å². The van der Waals surface area contributed by atoms with Crippen LogP contribution >= 0.6 is 27.5 Å². The topological polar surface area (TPSA) is 21.3 Å². The van der Waals surface area contributed by atoms with E-state index in [2.05, 4.69) is 34.2 Å². The van der Waals surface area contributed by atoms with E-state index in [0.717, 1.165) is 45.9 Å². The van der Waals surface area contributed by atoms with Crippen LogP contribution in [0.5, 0.6) is 5.75 Å². The summed E-state index contributed by atoms with van der Waals surface area (Å²) in [6.07, 6.45) is 1.11. The smallest absolute Gasteiger partial charge is 0.138 e. The van der Waals surface area contributed by atoms with Gasteiger partial charge in [-0.1, -0.05) is 48.9 Å². The summed E-state index contributed by atoms with van der Waals surface area (Å²) in [6, 6.07) is 13.8. The molecule has 4 heteroatoms. The van der Waals surface area contributed by atoms with E-state index in [1.807, 2.05) is 36.4 Å². The molecule has 2 rings (SSSR count). The lowest BCUT2D eigenvalue weighted by Crippen LogP contribution is -2.14. The van der Waals surface area contributed by atoms with Crippen molar-refractivity contribution in [3.63, 3.8) is 0 Å². The monoisotopic (exact) mass is 367 g/mol. The molecule has 0 heterocycles. The van der Waals surface area contributed by atoms with Gasteiger partial charge in [0.1, 0.15) is 12.4 Å². The molecule has 0 bridgehead atoms. The molecule has 2 nitrogen and oxygen atoms in total. The standard InChI is InChI=1S/C17H19BrClNO/c1-2-10-20-11-13-7-5-8-15(18)17(13)21-12-14-6-3-4-9-16(14)19/h3-9,20H,2,10-12H2,1H3. The molecule has 0 unspecified atom stereocenters. The summed E-state index contributed by atoms with van der Waals surface area (Å²) < 4.78 is 6.96. The second kappa shape index (κ2) is 8.42. The summed E-state index contributed by atoms with van der Waals surface area (Å²) in [5.74, 6) is 0.876. The Hall–Kier alpha value is -1.03. The van der Waals surface area contributed by atoms with Gasteiger partial charge in [0.25, 0.3) is 0 Å². The summed E-state index contributed by atoms with van der Waals surface area (Å²) in [4.78, 5) is 0. The minimum absolute atomic E-state index is 0.461. The number of ether oxygens (including phenoxy) is 1. The Morgan fingerprint density at radius 3 is 2.62 bits per heavy atom. The molecule has 0 saturated carbocycles. The minimum atomic E-state index is 0.461. The Bertz CT molecular complexity index is 589. The largest absolute Gasteiger partial charge is 0.487 e. The second-order valence-electron chi connectivity index (χ2n) is 4.78. The lowest BCUT2D eigenvalue weighted by molar-refractivity contribution is 0.300. The highest BCUT2D eigenvalue weighted by molar-refractivity contribution is 9.10. The van der Waals surface area contributed by atoms with E-state index in [4.69, 9.17) is 16.3 Å². The third kappa shape index (κ3) is 4.73. The van der Waals surface area contributed by atoms with Gasteiger partial charge in [-0.05, 0) is 41.0 Å². The molecule has 0 saturated heterocycles. The van der Waals surface area contributed by atoms with Crippen LogP contribution in [0.25, 0.3) is 0 Å². The molecule has 0 radical (unpaired) electrons. The molecule has 0 aliphatic carbocycles. The first-order valence-electron chi connectivity index (χ1n) is 7.06. The average molecular weight is 369 g/mol. The first-order chi connectivity index (χ1) is 10.2. The first-order valence-corrected chi connectivity index (χ1v) is 8.23. The first kappa shape index (κ1) is 16.3. The van der Waals surface area contributed by atoms with E-state index in [9.17, 15) is 0 Å². The number of para-hydroxylation sites is 1.